The number of carbonyl (C=O) groups excluding carboxylic acids is 3. The van der Waals surface area contributed by atoms with Gasteiger partial charge < -0.3 is 15.1 Å². The van der Waals surface area contributed by atoms with Gasteiger partial charge in [-0.1, -0.05) is 30.3 Å². The van der Waals surface area contributed by atoms with Crippen molar-refractivity contribution in [3.05, 3.63) is 35.9 Å². The molecule has 0 bridgehead atoms. The standard InChI is InChI=1S/C18H25N3O3/c1-14(22)20(2)13-17(23)19-16(12-15-8-4-3-5-9-15)18(24)21-10-6-7-11-21/h3-5,8-9,16H,6-7,10-13H2,1-2H3,(H,19,23)/t16-/m1/s1. The van der Waals surface area contributed by atoms with Crippen LogP contribution < -0.4 is 5.32 Å². The van der Waals surface area contributed by atoms with E-state index in [0.717, 1.165) is 31.5 Å². The summed E-state index contributed by atoms with van der Waals surface area (Å²) < 4.78 is 0. The number of nitrogens with one attached hydrogen (secondary N) is 1. The number of hydrogen-bond acceptors (Lipinski definition) is 3. The van der Waals surface area contributed by atoms with Gasteiger partial charge in [-0.05, 0) is 18.4 Å². The minimum absolute atomic E-state index is 0.0461. The monoisotopic (exact) mass is 331 g/mol. The van der Waals surface area contributed by atoms with E-state index in [2.05, 4.69) is 5.32 Å². The molecule has 1 saturated heterocycles. The lowest BCUT2D eigenvalue weighted by molar-refractivity contribution is -0.137. The van der Waals surface area contributed by atoms with Gasteiger partial charge in [0.25, 0.3) is 0 Å². The van der Waals surface area contributed by atoms with Gasteiger partial charge in [0.1, 0.15) is 6.04 Å². The zero-order valence-corrected chi connectivity index (χ0v) is 14.3. The summed E-state index contributed by atoms with van der Waals surface area (Å²) in [4.78, 5) is 39.3. The number of carbonyl (C=O) groups is 3. The average Bonchev–Trinajstić information content (AvgIpc) is 3.08. The number of rotatable bonds is 6. The lowest BCUT2D eigenvalue weighted by Crippen LogP contribution is -2.51. The second-order valence-corrected chi connectivity index (χ2v) is 6.22. The van der Waals surface area contributed by atoms with E-state index in [4.69, 9.17) is 0 Å². The van der Waals surface area contributed by atoms with Crippen molar-refractivity contribution >= 4 is 17.7 Å². The van der Waals surface area contributed by atoms with E-state index in [1.165, 1.54) is 11.8 Å². The second-order valence-electron chi connectivity index (χ2n) is 6.22. The van der Waals surface area contributed by atoms with Gasteiger partial charge in [0.2, 0.25) is 17.7 Å². The fourth-order valence-electron chi connectivity index (χ4n) is 2.77. The van der Waals surface area contributed by atoms with Crippen molar-refractivity contribution in [1.82, 2.24) is 15.1 Å². The highest BCUT2D eigenvalue weighted by atomic mass is 16.2. The van der Waals surface area contributed by atoms with Gasteiger partial charge in [-0.3, -0.25) is 14.4 Å². The first-order chi connectivity index (χ1) is 11.5. The maximum Gasteiger partial charge on any atom is 0.245 e. The molecule has 0 aliphatic carbocycles. The average molecular weight is 331 g/mol. The molecule has 0 saturated carbocycles. The Morgan fingerprint density at radius 3 is 2.38 bits per heavy atom. The van der Waals surface area contributed by atoms with Gasteiger partial charge in [0.05, 0.1) is 6.54 Å². The molecular formula is C18H25N3O3. The van der Waals surface area contributed by atoms with E-state index in [1.807, 2.05) is 35.2 Å². The van der Waals surface area contributed by atoms with E-state index >= 15 is 0 Å². The van der Waals surface area contributed by atoms with Gasteiger partial charge in [0.15, 0.2) is 0 Å². The van der Waals surface area contributed by atoms with E-state index in [1.54, 1.807) is 7.05 Å². The molecule has 1 aliphatic rings. The van der Waals surface area contributed by atoms with Gasteiger partial charge in [-0.25, -0.2) is 0 Å². The van der Waals surface area contributed by atoms with Gasteiger partial charge in [-0.15, -0.1) is 0 Å². The molecule has 24 heavy (non-hydrogen) atoms. The molecule has 1 fully saturated rings. The van der Waals surface area contributed by atoms with E-state index in [-0.39, 0.29) is 24.3 Å². The first-order valence-electron chi connectivity index (χ1n) is 8.31. The summed E-state index contributed by atoms with van der Waals surface area (Å²) in [5, 5.41) is 2.80. The molecule has 1 aromatic carbocycles. The van der Waals surface area contributed by atoms with Gasteiger partial charge >= 0.3 is 0 Å². The van der Waals surface area contributed by atoms with Crippen molar-refractivity contribution in [3.8, 4) is 0 Å². The number of hydrogen-bond donors (Lipinski definition) is 1. The highest BCUT2D eigenvalue weighted by Crippen LogP contribution is 2.12. The highest BCUT2D eigenvalue weighted by molar-refractivity contribution is 5.90. The van der Waals surface area contributed by atoms with Crippen molar-refractivity contribution in [3.63, 3.8) is 0 Å². The Bertz CT molecular complexity index is 582. The molecule has 2 rings (SSSR count). The van der Waals surface area contributed by atoms with Crippen LogP contribution in [-0.4, -0.2) is 60.2 Å². The van der Waals surface area contributed by atoms with E-state index in [9.17, 15) is 14.4 Å². The van der Waals surface area contributed by atoms with Gasteiger partial charge in [0, 0.05) is 33.5 Å². The second kappa shape index (κ2) is 8.47. The van der Waals surface area contributed by atoms with Crippen LogP contribution in [0.4, 0.5) is 0 Å². The highest BCUT2D eigenvalue weighted by Gasteiger charge is 2.28. The summed E-state index contributed by atoms with van der Waals surface area (Å²) in [6.07, 6.45) is 2.46. The quantitative estimate of drug-likeness (QED) is 0.839. The lowest BCUT2D eigenvalue weighted by atomic mass is 10.0. The van der Waals surface area contributed by atoms with E-state index < -0.39 is 6.04 Å². The van der Waals surface area contributed by atoms with Crippen molar-refractivity contribution in [2.24, 2.45) is 0 Å². The van der Waals surface area contributed by atoms with E-state index in [0.29, 0.717) is 6.42 Å². The molecule has 1 N–H and O–H groups in total. The Kier molecular flexibility index (Phi) is 6.35. The van der Waals surface area contributed by atoms with Crippen LogP contribution in [-0.2, 0) is 20.8 Å². The third kappa shape index (κ3) is 5.08. The maximum atomic E-state index is 12.7. The maximum absolute atomic E-state index is 12.7. The van der Waals surface area contributed by atoms with Crippen molar-refractivity contribution in [2.75, 3.05) is 26.7 Å². The molecule has 0 radical (unpaired) electrons. The third-order valence-corrected chi connectivity index (χ3v) is 4.25. The lowest BCUT2D eigenvalue weighted by Gasteiger charge is -2.25. The number of amides is 3. The third-order valence-electron chi connectivity index (χ3n) is 4.25. The van der Waals surface area contributed by atoms with Gasteiger partial charge in [-0.2, -0.15) is 0 Å². The number of likely N-dealkylation sites (tertiary alicyclic amines) is 1. The molecule has 130 valence electrons. The predicted molar refractivity (Wildman–Crippen MR) is 91.2 cm³/mol. The molecule has 1 aliphatic heterocycles. The summed E-state index contributed by atoms with van der Waals surface area (Å²) in [5.74, 6) is -0.549. The summed E-state index contributed by atoms with van der Waals surface area (Å²) in [6, 6.07) is 9.03. The fourth-order valence-corrected chi connectivity index (χ4v) is 2.77. The van der Waals surface area contributed by atoms with Crippen molar-refractivity contribution in [2.45, 2.75) is 32.2 Å². The zero-order chi connectivity index (χ0) is 17.5. The van der Waals surface area contributed by atoms with Crippen LogP contribution in [0, 0.1) is 0 Å². The molecule has 0 aromatic heterocycles. The largest absolute Gasteiger partial charge is 0.342 e. The predicted octanol–water partition coefficient (Wildman–Crippen LogP) is 0.815. The Balaban J connectivity index is 2.05. The van der Waals surface area contributed by atoms with Crippen LogP contribution in [0.25, 0.3) is 0 Å². The first kappa shape index (κ1) is 18.0. The molecule has 1 aromatic rings. The smallest absolute Gasteiger partial charge is 0.245 e. The van der Waals surface area contributed by atoms with Crippen LogP contribution >= 0.6 is 0 Å². The Morgan fingerprint density at radius 1 is 1.17 bits per heavy atom. The molecule has 6 nitrogen and oxygen atoms in total. The number of benzene rings is 1. The molecule has 1 heterocycles. The van der Waals surface area contributed by atoms with Crippen LogP contribution in [0.3, 0.4) is 0 Å². The fraction of sp³-hybridized carbons (Fsp3) is 0.500. The minimum atomic E-state index is -0.599. The van der Waals surface area contributed by atoms with Crippen molar-refractivity contribution < 1.29 is 14.4 Å². The Labute approximate surface area is 142 Å². The topological polar surface area (TPSA) is 69.7 Å². The van der Waals surface area contributed by atoms with Crippen LogP contribution in [0.2, 0.25) is 0 Å². The zero-order valence-electron chi connectivity index (χ0n) is 14.3. The summed E-state index contributed by atoms with van der Waals surface area (Å²) in [6.45, 7) is 2.85. The van der Waals surface area contributed by atoms with Crippen LogP contribution in [0.15, 0.2) is 30.3 Å². The molecule has 3 amide bonds. The first-order valence-corrected chi connectivity index (χ1v) is 8.31. The normalized spacial score (nSPS) is 15.0. The molecular weight excluding hydrogens is 306 g/mol. The summed E-state index contributed by atoms with van der Waals surface area (Å²) >= 11 is 0. The van der Waals surface area contributed by atoms with Crippen molar-refractivity contribution in [1.29, 1.82) is 0 Å². The number of nitrogens with zero attached hydrogens (tertiary/aromatic N) is 2. The van der Waals surface area contributed by atoms with Crippen LogP contribution in [0.5, 0.6) is 0 Å². The molecule has 0 unspecified atom stereocenters. The molecule has 1 atom stereocenters. The Hall–Kier alpha value is -2.37. The molecule has 0 spiro atoms. The Morgan fingerprint density at radius 2 is 1.79 bits per heavy atom. The minimum Gasteiger partial charge on any atom is -0.342 e. The molecule has 6 heteroatoms. The SMILES string of the molecule is CC(=O)N(C)CC(=O)N[C@H](Cc1ccccc1)C(=O)N1CCCC1. The summed E-state index contributed by atoms with van der Waals surface area (Å²) in [7, 11) is 1.57. The van der Waals surface area contributed by atoms with Crippen LogP contribution in [0.1, 0.15) is 25.3 Å². The summed E-state index contributed by atoms with van der Waals surface area (Å²) in [5.41, 5.74) is 0.996. The number of likely N-dealkylation sites (N-methyl/N-ethyl adjacent to an activating group) is 1.